The van der Waals surface area contributed by atoms with E-state index in [1.165, 1.54) is 24.5 Å². The number of ether oxygens (including phenoxy) is 1. The van der Waals surface area contributed by atoms with Crippen molar-refractivity contribution < 1.29 is 18.3 Å². The van der Waals surface area contributed by atoms with Crippen LogP contribution in [0.2, 0.25) is 0 Å². The Hall–Kier alpha value is -3.48. The summed E-state index contributed by atoms with van der Waals surface area (Å²) in [6, 6.07) is 12.2. The molecule has 0 aliphatic rings. The minimum atomic E-state index is -0.847. The lowest BCUT2D eigenvalue weighted by Crippen LogP contribution is -2.14. The van der Waals surface area contributed by atoms with Gasteiger partial charge in [-0.3, -0.25) is 9.78 Å². The molecule has 0 bridgehead atoms. The molecule has 3 rings (SSSR count). The number of nitrogens with zero attached hydrogens (tertiary/aromatic N) is 1. The van der Waals surface area contributed by atoms with Crippen LogP contribution in [0.1, 0.15) is 17.3 Å². The van der Waals surface area contributed by atoms with Crippen molar-refractivity contribution in [1.82, 2.24) is 4.98 Å². The molecule has 0 unspecified atom stereocenters. The van der Waals surface area contributed by atoms with Gasteiger partial charge in [0.05, 0.1) is 24.1 Å². The van der Waals surface area contributed by atoms with Gasteiger partial charge in [-0.05, 0) is 49.4 Å². The fraction of sp³-hybridized carbons (Fsp3) is 0.100. The number of benzene rings is 2. The molecule has 0 radical (unpaired) electrons. The number of hydrogen-bond donors (Lipinski definition) is 2. The van der Waals surface area contributed by atoms with E-state index in [9.17, 15) is 13.6 Å². The minimum absolute atomic E-state index is 0.161. The van der Waals surface area contributed by atoms with Gasteiger partial charge in [-0.2, -0.15) is 0 Å². The Morgan fingerprint density at radius 3 is 2.41 bits per heavy atom. The molecule has 1 amide bonds. The maximum atomic E-state index is 13.7. The van der Waals surface area contributed by atoms with Gasteiger partial charge < -0.3 is 15.4 Å². The number of rotatable bonds is 6. The standard InChI is InChI=1S/C20H17F2N3O2/c1-2-27-16-8-6-14(7-9-16)24-15-10-13(11-23-12-15)20(26)25-19-17(21)4-3-5-18(19)22/h3-12,24H,2H2,1H3,(H,25,26). The average molecular weight is 369 g/mol. The first-order chi connectivity index (χ1) is 13.1. The molecule has 27 heavy (non-hydrogen) atoms. The number of halogens is 2. The zero-order valence-corrected chi connectivity index (χ0v) is 14.5. The Kier molecular flexibility index (Phi) is 5.61. The van der Waals surface area contributed by atoms with Crippen molar-refractivity contribution in [2.75, 3.05) is 17.2 Å². The Morgan fingerprint density at radius 1 is 1.04 bits per heavy atom. The summed E-state index contributed by atoms with van der Waals surface area (Å²) in [6.07, 6.45) is 2.86. The summed E-state index contributed by atoms with van der Waals surface area (Å²) in [4.78, 5) is 16.3. The first kappa shape index (κ1) is 18.3. The van der Waals surface area contributed by atoms with Crippen LogP contribution in [0, 0.1) is 11.6 Å². The fourth-order valence-corrected chi connectivity index (χ4v) is 2.40. The zero-order chi connectivity index (χ0) is 19.2. The van der Waals surface area contributed by atoms with Crippen LogP contribution in [0.25, 0.3) is 0 Å². The SMILES string of the molecule is CCOc1ccc(Nc2cncc(C(=O)Nc3c(F)cccc3F)c2)cc1. The fourth-order valence-electron chi connectivity index (χ4n) is 2.40. The highest BCUT2D eigenvalue weighted by molar-refractivity contribution is 6.04. The highest BCUT2D eigenvalue weighted by Gasteiger charge is 2.14. The highest BCUT2D eigenvalue weighted by Crippen LogP contribution is 2.22. The normalized spacial score (nSPS) is 10.3. The quantitative estimate of drug-likeness (QED) is 0.658. The van der Waals surface area contributed by atoms with Crippen molar-refractivity contribution in [2.24, 2.45) is 0 Å². The second-order valence-electron chi connectivity index (χ2n) is 5.60. The number of pyridine rings is 1. The first-order valence-electron chi connectivity index (χ1n) is 8.27. The third-order valence-corrected chi connectivity index (χ3v) is 3.66. The number of aromatic nitrogens is 1. The summed E-state index contributed by atoms with van der Waals surface area (Å²) in [5.74, 6) is -1.61. The van der Waals surface area contributed by atoms with Gasteiger partial charge in [0, 0.05) is 11.9 Å². The first-order valence-corrected chi connectivity index (χ1v) is 8.27. The molecular weight excluding hydrogens is 352 g/mol. The lowest BCUT2D eigenvalue weighted by molar-refractivity contribution is 0.102. The number of hydrogen-bond acceptors (Lipinski definition) is 4. The second kappa shape index (κ2) is 8.27. The third kappa shape index (κ3) is 4.58. The molecular formula is C20H17F2N3O2. The Balaban J connectivity index is 1.74. The summed E-state index contributed by atoms with van der Waals surface area (Å²) in [7, 11) is 0. The predicted molar refractivity (Wildman–Crippen MR) is 99.4 cm³/mol. The summed E-state index contributed by atoms with van der Waals surface area (Å²) in [5.41, 5.74) is 1.000. The van der Waals surface area contributed by atoms with E-state index < -0.39 is 23.2 Å². The molecule has 0 spiro atoms. The largest absolute Gasteiger partial charge is 0.494 e. The van der Waals surface area contributed by atoms with E-state index in [4.69, 9.17) is 4.74 Å². The molecule has 1 aromatic heterocycles. The van der Waals surface area contributed by atoms with Gasteiger partial charge in [0.2, 0.25) is 0 Å². The van der Waals surface area contributed by atoms with Crippen LogP contribution in [-0.2, 0) is 0 Å². The molecule has 3 aromatic rings. The second-order valence-corrected chi connectivity index (χ2v) is 5.60. The molecule has 7 heteroatoms. The Labute approximate surface area is 155 Å². The van der Waals surface area contributed by atoms with E-state index in [0.717, 1.165) is 23.6 Å². The average Bonchev–Trinajstić information content (AvgIpc) is 2.67. The number of amides is 1. The van der Waals surface area contributed by atoms with E-state index in [-0.39, 0.29) is 5.56 Å². The lowest BCUT2D eigenvalue weighted by Gasteiger charge is -2.10. The van der Waals surface area contributed by atoms with E-state index in [2.05, 4.69) is 15.6 Å². The summed E-state index contributed by atoms with van der Waals surface area (Å²) < 4.78 is 32.8. The number of carbonyl (C=O) groups is 1. The smallest absolute Gasteiger partial charge is 0.257 e. The molecule has 0 saturated carbocycles. The topological polar surface area (TPSA) is 63.2 Å². The molecule has 0 atom stereocenters. The number of carbonyl (C=O) groups excluding carboxylic acids is 1. The maximum absolute atomic E-state index is 13.7. The number of nitrogens with one attached hydrogen (secondary N) is 2. The molecule has 0 aliphatic heterocycles. The van der Waals surface area contributed by atoms with Gasteiger partial charge in [0.15, 0.2) is 0 Å². The van der Waals surface area contributed by atoms with E-state index in [1.807, 2.05) is 31.2 Å². The van der Waals surface area contributed by atoms with E-state index in [0.29, 0.717) is 12.3 Å². The lowest BCUT2D eigenvalue weighted by atomic mass is 10.2. The summed E-state index contributed by atoms with van der Waals surface area (Å²) in [6.45, 7) is 2.48. The zero-order valence-electron chi connectivity index (χ0n) is 14.5. The van der Waals surface area contributed by atoms with Gasteiger partial charge in [-0.15, -0.1) is 0 Å². The Morgan fingerprint density at radius 2 is 1.74 bits per heavy atom. The van der Waals surface area contributed by atoms with Crippen LogP contribution < -0.4 is 15.4 Å². The van der Waals surface area contributed by atoms with Gasteiger partial charge in [-0.1, -0.05) is 6.07 Å². The molecule has 0 fully saturated rings. The summed E-state index contributed by atoms with van der Waals surface area (Å²) in [5, 5.41) is 5.34. The van der Waals surface area contributed by atoms with Crippen molar-refractivity contribution in [3.05, 3.63) is 78.1 Å². The van der Waals surface area contributed by atoms with Gasteiger partial charge in [0.25, 0.3) is 5.91 Å². The third-order valence-electron chi connectivity index (χ3n) is 3.66. The van der Waals surface area contributed by atoms with Crippen molar-refractivity contribution in [3.63, 3.8) is 0 Å². The van der Waals surface area contributed by atoms with Crippen LogP contribution in [0.3, 0.4) is 0 Å². The van der Waals surface area contributed by atoms with Crippen LogP contribution in [0.15, 0.2) is 60.9 Å². The molecule has 2 N–H and O–H groups in total. The van der Waals surface area contributed by atoms with Crippen molar-refractivity contribution in [1.29, 1.82) is 0 Å². The minimum Gasteiger partial charge on any atom is -0.494 e. The summed E-state index contributed by atoms with van der Waals surface area (Å²) >= 11 is 0. The van der Waals surface area contributed by atoms with Crippen molar-refractivity contribution in [3.8, 4) is 5.75 Å². The molecule has 138 valence electrons. The van der Waals surface area contributed by atoms with Crippen molar-refractivity contribution >= 4 is 23.0 Å². The number of anilines is 3. The van der Waals surface area contributed by atoms with Crippen LogP contribution in [0.5, 0.6) is 5.75 Å². The monoisotopic (exact) mass is 369 g/mol. The molecule has 5 nitrogen and oxygen atoms in total. The van der Waals surface area contributed by atoms with Gasteiger partial charge in [-0.25, -0.2) is 8.78 Å². The highest BCUT2D eigenvalue weighted by atomic mass is 19.1. The molecule has 0 aliphatic carbocycles. The van der Waals surface area contributed by atoms with E-state index in [1.54, 1.807) is 0 Å². The van der Waals surface area contributed by atoms with E-state index >= 15 is 0 Å². The van der Waals surface area contributed by atoms with Crippen LogP contribution in [-0.4, -0.2) is 17.5 Å². The predicted octanol–water partition coefficient (Wildman–Crippen LogP) is 4.75. The van der Waals surface area contributed by atoms with Crippen LogP contribution >= 0.6 is 0 Å². The molecule has 2 aromatic carbocycles. The van der Waals surface area contributed by atoms with Crippen molar-refractivity contribution in [2.45, 2.75) is 6.92 Å². The maximum Gasteiger partial charge on any atom is 0.257 e. The number of para-hydroxylation sites is 1. The van der Waals surface area contributed by atoms with Crippen LogP contribution in [0.4, 0.5) is 25.8 Å². The van der Waals surface area contributed by atoms with Gasteiger partial charge >= 0.3 is 0 Å². The molecule has 1 heterocycles. The molecule has 0 saturated heterocycles. The Bertz CT molecular complexity index is 926. The van der Waals surface area contributed by atoms with Gasteiger partial charge in [0.1, 0.15) is 23.1 Å².